The van der Waals surface area contributed by atoms with E-state index in [1.807, 2.05) is 55.5 Å². The number of carbonyl (C=O) groups excluding carboxylic acids is 2. The third kappa shape index (κ3) is 7.33. The zero-order valence-corrected chi connectivity index (χ0v) is 27.2. The molecule has 2 aromatic carbocycles. The number of halogens is 1. The maximum atomic E-state index is 14.2. The molecule has 1 heterocycles. The summed E-state index contributed by atoms with van der Waals surface area (Å²) < 4.78 is 31.2. The molecule has 8 nitrogen and oxygen atoms in total. The molecule has 4 rings (SSSR count). The normalized spacial score (nSPS) is 18.6. The molecule has 1 aliphatic carbocycles. The fourth-order valence-electron chi connectivity index (χ4n) is 6.00. The molecule has 0 radical (unpaired) electrons. The number of benzene rings is 2. The van der Waals surface area contributed by atoms with E-state index in [9.17, 15) is 18.0 Å². The van der Waals surface area contributed by atoms with Crippen molar-refractivity contribution in [2.45, 2.75) is 89.3 Å². The van der Waals surface area contributed by atoms with Crippen LogP contribution >= 0.6 is 15.9 Å². The van der Waals surface area contributed by atoms with Crippen LogP contribution in [0.25, 0.3) is 4.91 Å². The summed E-state index contributed by atoms with van der Waals surface area (Å²) in [4.78, 5) is 29.1. The number of sulfonamides is 1. The van der Waals surface area contributed by atoms with E-state index in [4.69, 9.17) is 5.73 Å². The summed E-state index contributed by atoms with van der Waals surface area (Å²) in [6.45, 7) is 5.62. The molecule has 1 spiro atoms. The van der Waals surface area contributed by atoms with Gasteiger partial charge in [-0.1, -0.05) is 83.7 Å². The summed E-state index contributed by atoms with van der Waals surface area (Å²) >= 11 is 3.56. The molecule has 10 heteroatoms. The topological polar surface area (TPSA) is 122 Å². The van der Waals surface area contributed by atoms with Crippen molar-refractivity contribution in [2.24, 2.45) is 5.73 Å². The highest BCUT2D eigenvalue weighted by Crippen LogP contribution is 2.47. The molecule has 2 aromatic rings. The molecule has 42 heavy (non-hydrogen) atoms. The van der Waals surface area contributed by atoms with Gasteiger partial charge in [0.05, 0.1) is 16.0 Å². The number of rotatable bonds is 11. The molecule has 0 unspecified atom stereocenters. The molecule has 1 saturated carbocycles. The molecule has 0 bridgehead atoms. The van der Waals surface area contributed by atoms with Crippen molar-refractivity contribution in [3.8, 4) is 0 Å². The van der Waals surface area contributed by atoms with Crippen molar-refractivity contribution in [1.29, 1.82) is 0 Å². The quantitative estimate of drug-likeness (QED) is 0.317. The molecule has 228 valence electrons. The van der Waals surface area contributed by atoms with Crippen LogP contribution in [0.3, 0.4) is 0 Å². The van der Waals surface area contributed by atoms with Crippen molar-refractivity contribution in [3.63, 3.8) is 0 Å². The smallest absolute Gasteiger partial charge is 0.245 e. The lowest BCUT2D eigenvalue weighted by Gasteiger charge is -2.38. The van der Waals surface area contributed by atoms with Crippen molar-refractivity contribution in [2.75, 3.05) is 13.1 Å². The van der Waals surface area contributed by atoms with Crippen LogP contribution in [0.15, 0.2) is 64.6 Å². The minimum absolute atomic E-state index is 0.148. The molecule has 2 aliphatic rings. The Kier molecular flexibility index (Phi) is 10.3. The molecule has 2 amide bonds. The summed E-state index contributed by atoms with van der Waals surface area (Å²) in [7, 11) is -3.83. The van der Waals surface area contributed by atoms with E-state index < -0.39 is 33.1 Å². The second kappa shape index (κ2) is 13.4. The minimum Gasteiger partial charge on any atom is -0.343 e. The SMILES string of the molecule is CCN(CC1=C(c2ccccc2Br)S(=O)(=O)NC12CCCCC2)C(=O)[C@@H](CCCc1ccccc1)NC(=O)C(C)(C)N. The molecule has 4 N–H and O–H groups in total. The lowest BCUT2D eigenvalue weighted by Crippen LogP contribution is -2.57. The summed E-state index contributed by atoms with van der Waals surface area (Å²) in [5.41, 5.74) is 6.66. The highest BCUT2D eigenvalue weighted by molar-refractivity contribution is 9.10. The third-order valence-electron chi connectivity index (χ3n) is 8.31. The number of aryl methyl sites for hydroxylation is 1. The summed E-state index contributed by atoms with van der Waals surface area (Å²) in [6, 6.07) is 16.5. The Bertz CT molecular complexity index is 1410. The predicted molar refractivity (Wildman–Crippen MR) is 171 cm³/mol. The Morgan fingerprint density at radius 3 is 2.33 bits per heavy atom. The summed E-state index contributed by atoms with van der Waals surface area (Å²) in [5.74, 6) is -0.643. The van der Waals surface area contributed by atoms with Gasteiger partial charge in [0.25, 0.3) is 0 Å². The number of amides is 2. The molecule has 0 aromatic heterocycles. The van der Waals surface area contributed by atoms with Crippen molar-refractivity contribution in [3.05, 3.63) is 75.8 Å². The lowest BCUT2D eigenvalue weighted by molar-refractivity contribution is -0.137. The Morgan fingerprint density at radius 2 is 1.71 bits per heavy atom. The van der Waals surface area contributed by atoms with Gasteiger partial charge in [0.15, 0.2) is 0 Å². The lowest BCUT2D eigenvalue weighted by atomic mass is 9.76. The second-order valence-corrected chi connectivity index (χ2v) is 14.5. The first-order valence-electron chi connectivity index (χ1n) is 14.8. The van der Waals surface area contributed by atoms with E-state index in [0.717, 1.165) is 36.8 Å². The number of nitrogens with two attached hydrogens (primary N) is 1. The summed E-state index contributed by atoms with van der Waals surface area (Å²) in [5, 5.41) is 2.91. The van der Waals surface area contributed by atoms with Gasteiger partial charge in [-0.2, -0.15) is 0 Å². The number of nitrogens with zero attached hydrogens (tertiary/aromatic N) is 1. The van der Waals surface area contributed by atoms with Gasteiger partial charge < -0.3 is 16.0 Å². The van der Waals surface area contributed by atoms with Crippen LogP contribution < -0.4 is 15.8 Å². The number of nitrogens with one attached hydrogen (secondary N) is 2. The maximum absolute atomic E-state index is 14.2. The highest BCUT2D eigenvalue weighted by atomic mass is 79.9. The molecule has 1 aliphatic heterocycles. The Hall–Kier alpha value is -2.53. The maximum Gasteiger partial charge on any atom is 0.245 e. The van der Waals surface area contributed by atoms with Crippen LogP contribution in [0.1, 0.15) is 76.8 Å². The molecular formula is C32H43BrN4O4S. The first-order chi connectivity index (χ1) is 19.9. The van der Waals surface area contributed by atoms with Crippen molar-refractivity contribution < 1.29 is 18.0 Å². The van der Waals surface area contributed by atoms with Gasteiger partial charge in [-0.05, 0) is 70.1 Å². The van der Waals surface area contributed by atoms with E-state index in [1.165, 1.54) is 0 Å². The van der Waals surface area contributed by atoms with Crippen LogP contribution in [0.4, 0.5) is 0 Å². The number of carbonyl (C=O) groups is 2. The standard InChI is InChI=1S/C32H43BrN4O4S/c1-4-37(29(38)27(35-30(39)31(2,3)34)19-13-16-23-14-7-5-8-15-23)22-25-28(24-17-9-10-18-26(24)33)42(40,41)36-32(25)20-11-6-12-21-32/h5,7-10,14-15,17-18,27,36H,4,6,11-13,16,19-22,34H2,1-3H3,(H,35,39)/t27-/m1/s1. The average molecular weight is 660 g/mol. The van der Waals surface area contributed by atoms with Crippen molar-refractivity contribution in [1.82, 2.24) is 14.9 Å². The van der Waals surface area contributed by atoms with Crippen LogP contribution in [-0.2, 0) is 26.0 Å². The van der Waals surface area contributed by atoms with E-state index in [2.05, 4.69) is 26.0 Å². The van der Waals surface area contributed by atoms with E-state index in [-0.39, 0.29) is 17.4 Å². The van der Waals surface area contributed by atoms with E-state index in [1.54, 1.807) is 24.8 Å². The minimum atomic E-state index is -3.83. The monoisotopic (exact) mass is 658 g/mol. The third-order valence-corrected chi connectivity index (χ3v) is 10.7. The van der Waals surface area contributed by atoms with Gasteiger partial charge in [-0.15, -0.1) is 0 Å². The van der Waals surface area contributed by atoms with Crippen molar-refractivity contribution >= 4 is 42.7 Å². The highest BCUT2D eigenvalue weighted by Gasteiger charge is 2.50. The van der Waals surface area contributed by atoms with Gasteiger partial charge in [0, 0.05) is 23.1 Å². The molecular weight excluding hydrogens is 616 g/mol. The first kappa shape index (κ1) is 32.4. The van der Waals surface area contributed by atoms with Gasteiger partial charge in [-0.25, -0.2) is 13.1 Å². The predicted octanol–water partition coefficient (Wildman–Crippen LogP) is 4.89. The largest absolute Gasteiger partial charge is 0.343 e. The Labute approximate surface area is 258 Å². The zero-order valence-electron chi connectivity index (χ0n) is 24.8. The number of hydrogen-bond acceptors (Lipinski definition) is 5. The van der Waals surface area contributed by atoms with Gasteiger partial charge in [0.1, 0.15) is 6.04 Å². The Balaban J connectivity index is 1.69. The van der Waals surface area contributed by atoms with Crippen LogP contribution in [0.5, 0.6) is 0 Å². The molecule has 0 saturated heterocycles. The number of likely N-dealkylation sites (N-methyl/N-ethyl adjacent to an activating group) is 1. The van der Waals surface area contributed by atoms with Crippen LogP contribution in [-0.4, -0.2) is 55.3 Å². The Morgan fingerprint density at radius 1 is 1.07 bits per heavy atom. The fourth-order valence-corrected chi connectivity index (χ4v) is 8.61. The van der Waals surface area contributed by atoms with E-state index in [0.29, 0.717) is 42.3 Å². The zero-order chi connectivity index (χ0) is 30.5. The van der Waals surface area contributed by atoms with E-state index >= 15 is 0 Å². The van der Waals surface area contributed by atoms with Gasteiger partial charge in [-0.3, -0.25) is 9.59 Å². The average Bonchev–Trinajstić information content (AvgIpc) is 3.15. The molecule has 1 fully saturated rings. The van der Waals surface area contributed by atoms with Gasteiger partial charge in [0.2, 0.25) is 21.8 Å². The first-order valence-corrected chi connectivity index (χ1v) is 17.1. The summed E-state index contributed by atoms with van der Waals surface area (Å²) in [6.07, 6.45) is 6.10. The molecule has 1 atom stereocenters. The van der Waals surface area contributed by atoms with Crippen LogP contribution in [0, 0.1) is 0 Å². The van der Waals surface area contributed by atoms with Gasteiger partial charge >= 0.3 is 0 Å². The number of hydrogen-bond donors (Lipinski definition) is 3. The van der Waals surface area contributed by atoms with Crippen LogP contribution in [0.2, 0.25) is 0 Å². The second-order valence-electron chi connectivity index (χ2n) is 12.0. The fraction of sp³-hybridized carbons (Fsp3) is 0.500.